The Bertz CT molecular complexity index is 829. The molecule has 0 spiro atoms. The molecule has 1 aliphatic rings. The minimum absolute atomic E-state index is 0.140. The number of amides is 1. The molecule has 24 heavy (non-hydrogen) atoms. The van der Waals surface area contributed by atoms with Gasteiger partial charge in [0.25, 0.3) is 0 Å². The summed E-state index contributed by atoms with van der Waals surface area (Å²) in [5, 5.41) is 7.65. The van der Waals surface area contributed by atoms with E-state index < -0.39 is 0 Å². The predicted molar refractivity (Wildman–Crippen MR) is 98.4 cm³/mol. The second kappa shape index (κ2) is 6.99. The van der Waals surface area contributed by atoms with E-state index in [-0.39, 0.29) is 5.91 Å². The fraction of sp³-hybridized carbons (Fsp3) is 0.333. The SMILES string of the molecule is O=C(Cc1noc2ccccc12)N1CCSC(c2cccs2)CC1. The van der Waals surface area contributed by atoms with Crippen molar-refractivity contribution in [2.45, 2.75) is 18.1 Å². The van der Waals surface area contributed by atoms with Crippen molar-refractivity contribution in [3.63, 3.8) is 0 Å². The number of carbonyl (C=O) groups is 1. The van der Waals surface area contributed by atoms with Crippen molar-refractivity contribution in [3.05, 3.63) is 52.3 Å². The van der Waals surface area contributed by atoms with Gasteiger partial charge in [-0.2, -0.15) is 11.8 Å². The highest BCUT2D eigenvalue weighted by atomic mass is 32.2. The first-order chi connectivity index (χ1) is 11.8. The van der Waals surface area contributed by atoms with Crippen LogP contribution >= 0.6 is 23.1 Å². The second-order valence-electron chi connectivity index (χ2n) is 5.85. The van der Waals surface area contributed by atoms with E-state index in [2.05, 4.69) is 22.7 Å². The van der Waals surface area contributed by atoms with E-state index in [1.165, 1.54) is 4.88 Å². The van der Waals surface area contributed by atoms with Gasteiger partial charge in [0.05, 0.1) is 6.42 Å². The zero-order valence-electron chi connectivity index (χ0n) is 13.2. The zero-order chi connectivity index (χ0) is 16.4. The summed E-state index contributed by atoms with van der Waals surface area (Å²) in [4.78, 5) is 16.1. The Labute approximate surface area is 148 Å². The number of carbonyl (C=O) groups excluding carboxylic acids is 1. The van der Waals surface area contributed by atoms with Crippen LogP contribution in [0, 0.1) is 0 Å². The molecule has 2 aromatic heterocycles. The lowest BCUT2D eigenvalue weighted by molar-refractivity contribution is -0.130. The quantitative estimate of drug-likeness (QED) is 0.706. The molecule has 6 heteroatoms. The van der Waals surface area contributed by atoms with Crippen LogP contribution in [0.1, 0.15) is 22.2 Å². The third-order valence-corrected chi connectivity index (χ3v) is 6.77. The van der Waals surface area contributed by atoms with E-state index in [0.29, 0.717) is 11.7 Å². The van der Waals surface area contributed by atoms with Crippen LogP contribution in [0.4, 0.5) is 0 Å². The van der Waals surface area contributed by atoms with Gasteiger partial charge in [-0.3, -0.25) is 4.79 Å². The molecule has 1 aromatic carbocycles. The third kappa shape index (κ3) is 3.21. The molecule has 1 fully saturated rings. The van der Waals surface area contributed by atoms with Gasteiger partial charge in [-0.1, -0.05) is 23.4 Å². The summed E-state index contributed by atoms with van der Waals surface area (Å²) in [6.45, 7) is 1.62. The van der Waals surface area contributed by atoms with Crippen LogP contribution in [-0.2, 0) is 11.2 Å². The molecule has 0 saturated carbocycles. The van der Waals surface area contributed by atoms with Crippen LogP contribution in [0.3, 0.4) is 0 Å². The molecule has 3 aromatic rings. The molecular weight excluding hydrogens is 340 g/mol. The molecule has 0 aliphatic carbocycles. The Balaban J connectivity index is 1.43. The van der Waals surface area contributed by atoms with Gasteiger partial charge in [0.1, 0.15) is 5.69 Å². The summed E-state index contributed by atoms with van der Waals surface area (Å²) in [6.07, 6.45) is 1.32. The molecule has 1 unspecified atom stereocenters. The van der Waals surface area contributed by atoms with E-state index in [1.54, 1.807) is 11.3 Å². The smallest absolute Gasteiger partial charge is 0.228 e. The van der Waals surface area contributed by atoms with Gasteiger partial charge < -0.3 is 9.42 Å². The number of hydrogen-bond acceptors (Lipinski definition) is 5. The number of nitrogens with zero attached hydrogens (tertiary/aromatic N) is 2. The largest absolute Gasteiger partial charge is 0.356 e. The molecule has 1 aliphatic heterocycles. The first-order valence-electron chi connectivity index (χ1n) is 8.07. The lowest BCUT2D eigenvalue weighted by atomic mass is 10.1. The van der Waals surface area contributed by atoms with E-state index in [0.717, 1.165) is 41.9 Å². The average Bonchev–Trinajstić information content (AvgIpc) is 3.20. The number of rotatable bonds is 3. The van der Waals surface area contributed by atoms with E-state index in [9.17, 15) is 4.79 Å². The van der Waals surface area contributed by atoms with Crippen LogP contribution in [0.5, 0.6) is 0 Å². The minimum Gasteiger partial charge on any atom is -0.356 e. The monoisotopic (exact) mass is 358 g/mol. The van der Waals surface area contributed by atoms with Gasteiger partial charge in [-0.15, -0.1) is 11.3 Å². The standard InChI is InChI=1S/C18H18N2O2S2/c21-18(12-14-13-4-1-2-5-15(13)22-19-14)20-8-7-17(24-11-9-20)16-6-3-10-23-16/h1-6,10,17H,7-9,11-12H2. The number of thiophene rings is 1. The maximum atomic E-state index is 12.7. The molecule has 4 nitrogen and oxygen atoms in total. The van der Waals surface area contributed by atoms with Gasteiger partial charge >= 0.3 is 0 Å². The normalized spacial score (nSPS) is 18.7. The highest BCUT2D eigenvalue weighted by molar-refractivity contribution is 7.99. The summed E-state index contributed by atoms with van der Waals surface area (Å²) in [5.74, 6) is 1.12. The Morgan fingerprint density at radius 1 is 1.25 bits per heavy atom. The van der Waals surface area contributed by atoms with Gasteiger partial charge in [0.2, 0.25) is 5.91 Å². The van der Waals surface area contributed by atoms with Crippen LogP contribution in [0.2, 0.25) is 0 Å². The molecule has 1 saturated heterocycles. The van der Waals surface area contributed by atoms with Gasteiger partial charge in [0.15, 0.2) is 5.58 Å². The lowest BCUT2D eigenvalue weighted by Gasteiger charge is -2.19. The summed E-state index contributed by atoms with van der Waals surface area (Å²) < 4.78 is 5.30. The van der Waals surface area contributed by atoms with E-state index in [1.807, 2.05) is 40.9 Å². The predicted octanol–water partition coefficient (Wildman–Crippen LogP) is 4.14. The first-order valence-corrected chi connectivity index (χ1v) is 10.00. The Kier molecular flexibility index (Phi) is 4.58. The molecule has 0 radical (unpaired) electrons. The highest BCUT2D eigenvalue weighted by Crippen LogP contribution is 2.36. The van der Waals surface area contributed by atoms with E-state index >= 15 is 0 Å². The lowest BCUT2D eigenvalue weighted by Crippen LogP contribution is -2.34. The average molecular weight is 358 g/mol. The van der Waals surface area contributed by atoms with Crippen LogP contribution in [-0.4, -0.2) is 34.8 Å². The fourth-order valence-electron chi connectivity index (χ4n) is 3.04. The van der Waals surface area contributed by atoms with Crippen LogP contribution in [0.15, 0.2) is 46.3 Å². The molecule has 0 N–H and O–H groups in total. The number of para-hydroxylation sites is 1. The highest BCUT2D eigenvalue weighted by Gasteiger charge is 2.23. The molecule has 124 valence electrons. The van der Waals surface area contributed by atoms with Gasteiger partial charge in [0, 0.05) is 34.4 Å². The second-order valence-corrected chi connectivity index (χ2v) is 8.14. The summed E-state index contributed by atoms with van der Waals surface area (Å²) >= 11 is 3.76. The number of aromatic nitrogens is 1. The maximum Gasteiger partial charge on any atom is 0.228 e. The fourth-order valence-corrected chi connectivity index (χ4v) is 5.28. The number of thioether (sulfide) groups is 1. The Morgan fingerprint density at radius 3 is 3.04 bits per heavy atom. The molecule has 3 heterocycles. The van der Waals surface area contributed by atoms with Crippen LogP contribution in [0.25, 0.3) is 11.0 Å². The topological polar surface area (TPSA) is 46.3 Å². The third-order valence-electron chi connectivity index (χ3n) is 4.33. The number of hydrogen-bond donors (Lipinski definition) is 0. The summed E-state index contributed by atoms with van der Waals surface area (Å²) in [6, 6.07) is 12.0. The first kappa shape index (κ1) is 15.7. The van der Waals surface area contributed by atoms with Gasteiger partial charge in [-0.25, -0.2) is 0 Å². The van der Waals surface area contributed by atoms with Crippen molar-refractivity contribution in [1.82, 2.24) is 10.1 Å². The molecule has 0 bridgehead atoms. The Hall–Kier alpha value is -1.79. The molecule has 4 rings (SSSR count). The van der Waals surface area contributed by atoms with Crippen LogP contribution < -0.4 is 0 Å². The number of benzene rings is 1. The van der Waals surface area contributed by atoms with Crippen molar-refractivity contribution < 1.29 is 9.32 Å². The Morgan fingerprint density at radius 2 is 2.17 bits per heavy atom. The molecule has 1 atom stereocenters. The maximum absolute atomic E-state index is 12.7. The van der Waals surface area contributed by atoms with Gasteiger partial charge in [-0.05, 0) is 30.0 Å². The molecule has 1 amide bonds. The zero-order valence-corrected chi connectivity index (χ0v) is 14.8. The molecular formula is C18H18N2O2S2. The van der Waals surface area contributed by atoms with E-state index in [4.69, 9.17) is 4.52 Å². The van der Waals surface area contributed by atoms with Crippen molar-refractivity contribution in [3.8, 4) is 0 Å². The minimum atomic E-state index is 0.140. The van der Waals surface area contributed by atoms with Crippen molar-refractivity contribution >= 4 is 40.0 Å². The van der Waals surface area contributed by atoms with Crippen molar-refractivity contribution in [1.29, 1.82) is 0 Å². The summed E-state index contributed by atoms with van der Waals surface area (Å²) in [7, 11) is 0. The van der Waals surface area contributed by atoms with Crippen molar-refractivity contribution in [2.75, 3.05) is 18.8 Å². The summed E-state index contributed by atoms with van der Waals surface area (Å²) in [5.41, 5.74) is 1.48. The number of fused-ring (bicyclic) bond motifs is 1. The van der Waals surface area contributed by atoms with Crippen molar-refractivity contribution in [2.24, 2.45) is 0 Å².